The van der Waals surface area contributed by atoms with E-state index in [4.69, 9.17) is 11.6 Å². The second-order valence-corrected chi connectivity index (χ2v) is 9.31. The Morgan fingerprint density at radius 2 is 1.96 bits per heavy atom. The van der Waals surface area contributed by atoms with Crippen molar-refractivity contribution in [1.29, 1.82) is 0 Å². The molecule has 2 bridgehead atoms. The topological polar surface area (TPSA) is 49.3 Å². The lowest BCUT2D eigenvalue weighted by atomic mass is 9.36. The quantitative estimate of drug-likeness (QED) is 0.781. The molecular weight excluding hydrogens is 367 g/mol. The fourth-order valence-corrected chi connectivity index (χ4v) is 7.67. The molecule has 1 aromatic carbocycles. The predicted octanol–water partition coefficient (Wildman–Crippen LogP) is 3.56. The van der Waals surface area contributed by atoms with E-state index in [0.29, 0.717) is 24.3 Å². The molecule has 4 aliphatic carbocycles. The van der Waals surface area contributed by atoms with Gasteiger partial charge in [0.05, 0.1) is 16.5 Å². The molecule has 4 aliphatic rings. The number of carbonyl (C=O) groups is 1. The Morgan fingerprint density at radius 3 is 2.54 bits per heavy atom. The van der Waals surface area contributed by atoms with Crippen LogP contribution in [0.15, 0.2) is 30.3 Å². The summed E-state index contributed by atoms with van der Waals surface area (Å²) >= 11 is 6.77. The molecule has 2 N–H and O–H groups in total. The van der Waals surface area contributed by atoms with Gasteiger partial charge in [-0.05, 0) is 48.5 Å². The summed E-state index contributed by atoms with van der Waals surface area (Å²) in [5.74, 6) is -1.90. The second kappa shape index (κ2) is 4.76. The van der Waals surface area contributed by atoms with E-state index < -0.39 is 34.5 Å². The van der Waals surface area contributed by atoms with Crippen molar-refractivity contribution in [2.24, 2.45) is 23.2 Å². The van der Waals surface area contributed by atoms with Crippen molar-refractivity contribution in [3.63, 3.8) is 0 Å². The zero-order chi connectivity index (χ0) is 18.5. The first kappa shape index (κ1) is 16.9. The van der Waals surface area contributed by atoms with Gasteiger partial charge < -0.3 is 10.4 Å². The van der Waals surface area contributed by atoms with E-state index in [9.17, 15) is 23.1 Å². The number of halogens is 4. The van der Waals surface area contributed by atoms with E-state index in [1.54, 1.807) is 30.3 Å². The number of rotatable bonds is 3. The number of alkyl halides is 4. The third-order valence-corrected chi connectivity index (χ3v) is 8.27. The van der Waals surface area contributed by atoms with Crippen LogP contribution in [0.1, 0.15) is 37.3 Å². The maximum Gasteiger partial charge on any atom is 0.471 e. The lowest BCUT2D eigenvalue weighted by molar-refractivity contribution is -0.196. The van der Waals surface area contributed by atoms with Crippen molar-refractivity contribution in [1.82, 2.24) is 5.32 Å². The van der Waals surface area contributed by atoms with Crippen molar-refractivity contribution in [3.8, 4) is 0 Å². The first-order valence-electron chi connectivity index (χ1n) is 8.95. The Bertz CT molecular complexity index is 787. The van der Waals surface area contributed by atoms with Gasteiger partial charge in [-0.15, -0.1) is 11.6 Å². The van der Waals surface area contributed by atoms with Crippen LogP contribution < -0.4 is 5.32 Å². The lowest BCUT2D eigenvalue weighted by Crippen LogP contribution is -2.71. The van der Waals surface area contributed by atoms with E-state index in [1.807, 2.05) is 0 Å². The van der Waals surface area contributed by atoms with Gasteiger partial charge in [0.25, 0.3) is 0 Å². The molecule has 4 saturated carbocycles. The Balaban J connectivity index is 1.54. The van der Waals surface area contributed by atoms with Gasteiger partial charge in [-0.2, -0.15) is 13.2 Å². The number of benzene rings is 1. The molecule has 0 heterocycles. The molecule has 26 heavy (non-hydrogen) atoms. The molecule has 0 radical (unpaired) electrons. The van der Waals surface area contributed by atoms with E-state index >= 15 is 0 Å². The highest BCUT2D eigenvalue weighted by Crippen LogP contribution is 2.87. The third-order valence-electron chi connectivity index (χ3n) is 7.63. The van der Waals surface area contributed by atoms with Gasteiger partial charge in [0.15, 0.2) is 0 Å². The first-order valence-corrected chi connectivity index (χ1v) is 9.32. The highest BCUT2D eigenvalue weighted by molar-refractivity contribution is 6.26. The zero-order valence-corrected chi connectivity index (χ0v) is 14.6. The van der Waals surface area contributed by atoms with Crippen molar-refractivity contribution < 1.29 is 23.1 Å². The Kier molecular flexibility index (Phi) is 3.09. The van der Waals surface area contributed by atoms with Crippen LogP contribution in [0.2, 0.25) is 0 Å². The molecule has 2 unspecified atom stereocenters. The molecule has 0 aromatic heterocycles. The van der Waals surface area contributed by atoms with Crippen LogP contribution in [-0.2, 0) is 4.79 Å². The first-order chi connectivity index (χ1) is 12.1. The molecule has 5 rings (SSSR count). The lowest BCUT2D eigenvalue weighted by Gasteiger charge is -2.72. The Morgan fingerprint density at radius 1 is 1.27 bits per heavy atom. The van der Waals surface area contributed by atoms with Crippen molar-refractivity contribution in [2.75, 3.05) is 0 Å². The number of hydrogen-bond acceptors (Lipinski definition) is 2. The summed E-state index contributed by atoms with van der Waals surface area (Å²) in [7, 11) is 0. The van der Waals surface area contributed by atoms with E-state index in [1.165, 1.54) is 0 Å². The van der Waals surface area contributed by atoms with Crippen molar-refractivity contribution in [2.45, 2.75) is 48.4 Å². The monoisotopic (exact) mass is 385 g/mol. The maximum absolute atomic E-state index is 12.9. The smallest absolute Gasteiger partial charge is 0.389 e. The van der Waals surface area contributed by atoms with E-state index in [2.05, 4.69) is 5.32 Å². The molecule has 1 amide bonds. The second-order valence-electron chi connectivity index (χ2n) is 8.59. The molecule has 3 nitrogen and oxygen atoms in total. The number of nitrogens with one attached hydrogen (secondary N) is 1. The number of amides is 1. The van der Waals surface area contributed by atoms with Gasteiger partial charge in [-0.25, -0.2) is 0 Å². The van der Waals surface area contributed by atoms with Gasteiger partial charge in [0.1, 0.15) is 0 Å². The summed E-state index contributed by atoms with van der Waals surface area (Å²) in [4.78, 5) is 11.3. The largest absolute Gasteiger partial charge is 0.471 e. The molecule has 0 saturated heterocycles. The van der Waals surface area contributed by atoms with Crippen LogP contribution in [0.3, 0.4) is 0 Å². The van der Waals surface area contributed by atoms with Crippen LogP contribution >= 0.6 is 11.6 Å². The van der Waals surface area contributed by atoms with Crippen molar-refractivity contribution >= 4 is 17.5 Å². The van der Waals surface area contributed by atoms with E-state index in [0.717, 1.165) is 12.8 Å². The predicted molar refractivity (Wildman–Crippen MR) is 88.3 cm³/mol. The van der Waals surface area contributed by atoms with Crippen molar-refractivity contribution in [3.05, 3.63) is 35.9 Å². The number of aliphatic hydroxyl groups is 1. The standard InChI is InChI=1S/C19H19ClF3NO2/c20-17-7-11-6-12-13(16(26,8-17)9-18(11,12)17)14(10-4-2-1-3-5-10)24-15(25)19(21,22)23/h1-5,11-14,26H,6-9H2,(H,24,25)/t11?,12?,13-,14+,16-,17-,18+/m1/s1. The molecule has 0 aliphatic heterocycles. The van der Waals surface area contributed by atoms with Crippen LogP contribution in [0.4, 0.5) is 13.2 Å². The number of carbonyl (C=O) groups excluding carboxylic acids is 1. The highest BCUT2D eigenvalue weighted by Gasteiger charge is 2.87. The molecule has 140 valence electrons. The molecule has 1 aromatic rings. The van der Waals surface area contributed by atoms with Gasteiger partial charge in [0.2, 0.25) is 0 Å². The molecule has 4 fully saturated rings. The van der Waals surface area contributed by atoms with Crippen LogP contribution in [0.25, 0.3) is 0 Å². The summed E-state index contributed by atoms with van der Waals surface area (Å²) in [5.41, 5.74) is -0.698. The zero-order valence-electron chi connectivity index (χ0n) is 13.9. The Labute approximate surface area is 153 Å². The van der Waals surface area contributed by atoms with Crippen LogP contribution in [-0.4, -0.2) is 27.7 Å². The number of hydrogen-bond donors (Lipinski definition) is 2. The number of fused-ring (bicyclic) bond motifs is 1. The average Bonchev–Trinajstić information content (AvgIpc) is 2.92. The van der Waals surface area contributed by atoms with Gasteiger partial charge >= 0.3 is 12.1 Å². The van der Waals surface area contributed by atoms with Gasteiger partial charge in [-0.1, -0.05) is 30.3 Å². The third kappa shape index (κ3) is 1.82. The average molecular weight is 386 g/mol. The summed E-state index contributed by atoms with van der Waals surface area (Å²) in [6, 6.07) is 7.78. The van der Waals surface area contributed by atoms with E-state index in [-0.39, 0.29) is 11.3 Å². The minimum Gasteiger partial charge on any atom is -0.389 e. The maximum atomic E-state index is 12.9. The molecular formula is C19H19ClF3NO2. The normalized spacial score (nSPS) is 46.1. The SMILES string of the molecule is O=C(N[C@@H](c1ccccc1)[C@H]1C2CC3C[C@@]4(Cl)C[C@@]1(O)C[C@]324)C(F)(F)F. The fraction of sp³-hybridized carbons (Fsp3) is 0.632. The summed E-state index contributed by atoms with van der Waals surface area (Å²) < 4.78 is 38.7. The highest BCUT2D eigenvalue weighted by atomic mass is 35.5. The molecule has 7 atom stereocenters. The summed E-state index contributed by atoms with van der Waals surface area (Å²) in [6.07, 6.45) is -2.28. The molecule has 7 heteroatoms. The summed E-state index contributed by atoms with van der Waals surface area (Å²) in [6.45, 7) is 0. The van der Waals surface area contributed by atoms with Crippen LogP contribution in [0.5, 0.6) is 0 Å². The summed E-state index contributed by atoms with van der Waals surface area (Å²) in [5, 5.41) is 13.6. The van der Waals surface area contributed by atoms with Crippen LogP contribution in [0, 0.1) is 23.2 Å². The minimum absolute atomic E-state index is 0.0521. The van der Waals surface area contributed by atoms with Gasteiger partial charge in [-0.3, -0.25) is 4.79 Å². The Hall–Kier alpha value is -1.27. The minimum atomic E-state index is -4.96. The van der Waals surface area contributed by atoms with Gasteiger partial charge in [0, 0.05) is 5.92 Å². The fourth-order valence-electron chi connectivity index (χ4n) is 6.89. The molecule has 1 spiro atoms.